The zero-order valence-electron chi connectivity index (χ0n) is 13.6. The van der Waals surface area contributed by atoms with Crippen LogP contribution in [0.3, 0.4) is 0 Å². The Kier molecular flexibility index (Phi) is 6.04. The minimum absolute atomic E-state index is 0.0680. The van der Waals surface area contributed by atoms with Gasteiger partial charge in [0.2, 0.25) is 0 Å². The first-order valence-corrected chi connectivity index (χ1v) is 9.11. The molecule has 0 aromatic heterocycles. The van der Waals surface area contributed by atoms with Crippen molar-refractivity contribution in [2.24, 2.45) is 5.92 Å². The minimum Gasteiger partial charge on any atom is -0.323 e. The number of carbonyl (C=O) groups is 2. The first-order chi connectivity index (χ1) is 12.4. The largest absolute Gasteiger partial charge is 0.323 e. The minimum atomic E-state index is -0.359. The highest BCUT2D eigenvalue weighted by Gasteiger charge is 2.31. The zero-order chi connectivity index (χ0) is 18.7. The Hall–Kier alpha value is -1.79. The van der Waals surface area contributed by atoms with E-state index in [1.54, 1.807) is 42.5 Å². The van der Waals surface area contributed by atoms with E-state index in [9.17, 15) is 9.59 Å². The van der Waals surface area contributed by atoms with Crippen molar-refractivity contribution in [2.45, 2.75) is 12.6 Å². The Balaban J connectivity index is 1.55. The third-order valence-corrected chi connectivity index (χ3v) is 4.91. The molecule has 2 unspecified atom stereocenters. The van der Waals surface area contributed by atoms with E-state index < -0.39 is 0 Å². The number of hydrogen-bond acceptors (Lipinski definition) is 3. The lowest BCUT2D eigenvalue weighted by molar-refractivity contribution is 0.0928. The molecule has 2 amide bonds. The van der Waals surface area contributed by atoms with Crippen LogP contribution in [0.1, 0.15) is 16.8 Å². The summed E-state index contributed by atoms with van der Waals surface area (Å²) in [6.07, 6.45) is 0.175. The molecule has 0 aliphatic carbocycles. The van der Waals surface area contributed by atoms with Gasteiger partial charge in [0.15, 0.2) is 5.78 Å². The predicted molar refractivity (Wildman–Crippen MR) is 104 cm³/mol. The number of ketones is 1. The zero-order valence-corrected chi connectivity index (χ0v) is 15.8. The van der Waals surface area contributed by atoms with E-state index in [4.69, 9.17) is 34.8 Å². The highest BCUT2D eigenvalue weighted by Crippen LogP contribution is 2.26. The Labute approximate surface area is 166 Å². The smallest absolute Gasteiger partial charge is 0.320 e. The SMILES string of the molecule is O=C(Nc1ccc(Cl)cc1)NC1CC(C(=O)c2ccc(Cl)cc2Cl)CN1. The Bertz CT molecular complexity index is 827. The van der Waals surface area contributed by atoms with E-state index in [1.165, 1.54) is 0 Å². The average molecular weight is 413 g/mol. The topological polar surface area (TPSA) is 70.2 Å². The Morgan fingerprint density at radius 3 is 2.38 bits per heavy atom. The number of urea groups is 1. The van der Waals surface area contributed by atoms with Crippen LogP contribution in [0.4, 0.5) is 10.5 Å². The summed E-state index contributed by atoms with van der Waals surface area (Å²) in [5.41, 5.74) is 1.07. The molecular formula is C18H16Cl3N3O2. The van der Waals surface area contributed by atoms with Crippen molar-refractivity contribution in [1.82, 2.24) is 10.6 Å². The highest BCUT2D eigenvalue weighted by molar-refractivity contribution is 6.36. The van der Waals surface area contributed by atoms with Crippen LogP contribution in [-0.4, -0.2) is 24.5 Å². The molecule has 1 aliphatic heterocycles. The molecule has 0 saturated carbocycles. The van der Waals surface area contributed by atoms with Crippen LogP contribution in [-0.2, 0) is 0 Å². The van der Waals surface area contributed by atoms with Crippen molar-refractivity contribution < 1.29 is 9.59 Å². The van der Waals surface area contributed by atoms with Gasteiger partial charge < -0.3 is 10.6 Å². The number of anilines is 1. The Morgan fingerprint density at radius 1 is 1.00 bits per heavy atom. The second-order valence-corrected chi connectivity index (χ2v) is 7.27. The summed E-state index contributed by atoms with van der Waals surface area (Å²) in [5.74, 6) is -0.337. The predicted octanol–water partition coefficient (Wildman–Crippen LogP) is 4.59. The average Bonchev–Trinajstić information content (AvgIpc) is 3.05. The number of halogens is 3. The van der Waals surface area contributed by atoms with Crippen LogP contribution in [0, 0.1) is 5.92 Å². The van der Waals surface area contributed by atoms with Crippen LogP contribution >= 0.6 is 34.8 Å². The molecule has 1 aliphatic rings. The van der Waals surface area contributed by atoms with Crippen molar-refractivity contribution in [3.63, 3.8) is 0 Å². The summed E-state index contributed by atoms with van der Waals surface area (Å²) in [4.78, 5) is 24.7. The molecule has 1 fully saturated rings. The second kappa shape index (κ2) is 8.27. The lowest BCUT2D eigenvalue weighted by Gasteiger charge is -2.14. The highest BCUT2D eigenvalue weighted by atomic mass is 35.5. The van der Waals surface area contributed by atoms with Crippen molar-refractivity contribution in [3.8, 4) is 0 Å². The number of rotatable bonds is 4. The summed E-state index contributed by atoms with van der Waals surface area (Å²) < 4.78 is 0. The van der Waals surface area contributed by atoms with Crippen LogP contribution < -0.4 is 16.0 Å². The van der Waals surface area contributed by atoms with Crippen LogP contribution in [0.5, 0.6) is 0 Å². The molecule has 0 spiro atoms. The molecule has 3 N–H and O–H groups in total. The molecule has 1 heterocycles. The molecule has 136 valence electrons. The van der Waals surface area contributed by atoms with Gasteiger partial charge >= 0.3 is 6.03 Å². The van der Waals surface area contributed by atoms with E-state index in [-0.39, 0.29) is 23.9 Å². The quantitative estimate of drug-likeness (QED) is 0.643. The van der Waals surface area contributed by atoms with Crippen molar-refractivity contribution >= 4 is 52.3 Å². The van der Waals surface area contributed by atoms with E-state index in [0.29, 0.717) is 39.3 Å². The summed E-state index contributed by atoms with van der Waals surface area (Å²) in [5, 5.41) is 10.1. The second-order valence-electron chi connectivity index (χ2n) is 5.99. The van der Waals surface area contributed by atoms with Gasteiger partial charge in [-0.1, -0.05) is 34.8 Å². The fraction of sp³-hybridized carbons (Fsp3) is 0.222. The lowest BCUT2D eigenvalue weighted by Crippen LogP contribution is -2.43. The molecular weight excluding hydrogens is 397 g/mol. The van der Waals surface area contributed by atoms with Gasteiger partial charge in [0, 0.05) is 33.8 Å². The third kappa shape index (κ3) is 4.68. The van der Waals surface area contributed by atoms with Crippen molar-refractivity contribution in [2.75, 3.05) is 11.9 Å². The molecule has 8 heteroatoms. The monoisotopic (exact) mass is 411 g/mol. The fourth-order valence-electron chi connectivity index (χ4n) is 2.81. The first kappa shape index (κ1) is 19.0. The van der Waals surface area contributed by atoms with Crippen molar-refractivity contribution in [3.05, 3.63) is 63.1 Å². The molecule has 5 nitrogen and oxygen atoms in total. The molecule has 26 heavy (non-hydrogen) atoms. The molecule has 2 atom stereocenters. The Morgan fingerprint density at radius 2 is 1.69 bits per heavy atom. The maximum Gasteiger partial charge on any atom is 0.320 e. The van der Waals surface area contributed by atoms with Gasteiger partial charge in [-0.3, -0.25) is 10.1 Å². The summed E-state index contributed by atoms with van der Waals surface area (Å²) in [6, 6.07) is 11.2. The number of hydrogen-bond donors (Lipinski definition) is 3. The van der Waals surface area contributed by atoms with Crippen LogP contribution in [0.2, 0.25) is 15.1 Å². The standard InChI is InChI=1S/C18H16Cl3N3O2/c19-11-1-4-13(5-2-11)23-18(26)24-16-7-10(9-22-16)17(25)14-6-3-12(20)8-15(14)21/h1-6,8,10,16,22H,7,9H2,(H2,23,24,26). The van der Waals surface area contributed by atoms with Gasteiger partial charge in [-0.15, -0.1) is 0 Å². The maximum absolute atomic E-state index is 12.6. The van der Waals surface area contributed by atoms with E-state index >= 15 is 0 Å². The molecule has 1 saturated heterocycles. The number of amides is 2. The van der Waals surface area contributed by atoms with Gasteiger partial charge in [-0.25, -0.2) is 4.79 Å². The summed E-state index contributed by atoms with van der Waals surface area (Å²) >= 11 is 17.8. The molecule has 3 rings (SSSR count). The molecule has 0 bridgehead atoms. The van der Waals surface area contributed by atoms with Gasteiger partial charge in [0.1, 0.15) is 0 Å². The number of nitrogens with one attached hydrogen (secondary N) is 3. The third-order valence-electron chi connectivity index (χ3n) is 4.11. The number of Topliss-reactive ketones (excluding diaryl/α,β-unsaturated/α-hetero) is 1. The van der Waals surface area contributed by atoms with E-state index in [1.807, 2.05) is 0 Å². The first-order valence-electron chi connectivity index (χ1n) is 7.98. The van der Waals surface area contributed by atoms with E-state index in [0.717, 1.165) is 0 Å². The lowest BCUT2D eigenvalue weighted by atomic mass is 9.96. The fourth-order valence-corrected chi connectivity index (χ4v) is 3.44. The van der Waals surface area contributed by atoms with Crippen LogP contribution in [0.15, 0.2) is 42.5 Å². The van der Waals surface area contributed by atoms with Crippen LogP contribution in [0.25, 0.3) is 0 Å². The van der Waals surface area contributed by atoms with Gasteiger partial charge in [0.25, 0.3) is 0 Å². The summed E-state index contributed by atoms with van der Waals surface area (Å²) in [6.45, 7) is 0.462. The summed E-state index contributed by atoms with van der Waals surface area (Å²) in [7, 11) is 0. The number of carbonyl (C=O) groups excluding carboxylic acids is 2. The van der Waals surface area contributed by atoms with Gasteiger partial charge in [0.05, 0.1) is 11.2 Å². The number of benzene rings is 2. The maximum atomic E-state index is 12.6. The van der Waals surface area contributed by atoms with Crippen molar-refractivity contribution in [1.29, 1.82) is 0 Å². The van der Waals surface area contributed by atoms with E-state index in [2.05, 4.69) is 16.0 Å². The van der Waals surface area contributed by atoms with Gasteiger partial charge in [-0.2, -0.15) is 0 Å². The molecule has 2 aromatic carbocycles. The molecule has 2 aromatic rings. The van der Waals surface area contributed by atoms with Gasteiger partial charge in [-0.05, 0) is 48.9 Å². The normalized spacial score (nSPS) is 19.2. The molecule has 0 radical (unpaired) electrons.